The highest BCUT2D eigenvalue weighted by Crippen LogP contribution is 2.09. The summed E-state index contributed by atoms with van der Waals surface area (Å²) in [6, 6.07) is 3.98. The first-order valence-corrected chi connectivity index (χ1v) is 6.21. The minimum Gasteiger partial charge on any atom is -0.306 e. The van der Waals surface area contributed by atoms with E-state index in [0.29, 0.717) is 6.42 Å². The van der Waals surface area contributed by atoms with Gasteiger partial charge in [0.1, 0.15) is 0 Å². The fourth-order valence-electron chi connectivity index (χ4n) is 1.69. The second-order valence-electron chi connectivity index (χ2n) is 4.77. The van der Waals surface area contributed by atoms with Crippen LogP contribution in [0.4, 0.5) is 0 Å². The van der Waals surface area contributed by atoms with Crippen LogP contribution in [-0.4, -0.2) is 22.9 Å². The predicted octanol–water partition coefficient (Wildman–Crippen LogP) is 2.14. The maximum absolute atomic E-state index is 12.1. The number of Topliss-reactive ketones (excluding diaryl/α,β-unsaturated/α-hetero) is 1. The van der Waals surface area contributed by atoms with Gasteiger partial charge in [-0.25, -0.2) is 0 Å². The third kappa shape index (κ3) is 3.93. The van der Waals surface area contributed by atoms with Crippen molar-refractivity contribution in [3.05, 3.63) is 29.6 Å². The van der Waals surface area contributed by atoms with Crippen molar-refractivity contribution in [2.24, 2.45) is 0 Å². The van der Waals surface area contributed by atoms with Gasteiger partial charge in [0.05, 0.1) is 12.0 Å². The van der Waals surface area contributed by atoms with E-state index in [9.17, 15) is 4.79 Å². The number of pyridine rings is 1. The molecule has 0 aliphatic heterocycles. The summed E-state index contributed by atoms with van der Waals surface area (Å²) in [5.74, 6) is 0.177. The van der Waals surface area contributed by atoms with Crippen LogP contribution in [0, 0.1) is 0 Å². The molecule has 0 atom stereocenters. The van der Waals surface area contributed by atoms with Crippen molar-refractivity contribution in [1.29, 1.82) is 0 Å². The lowest BCUT2D eigenvalue weighted by Crippen LogP contribution is -2.47. The molecule has 0 aromatic carbocycles. The second kappa shape index (κ2) is 5.92. The monoisotopic (exact) mass is 234 g/mol. The lowest BCUT2D eigenvalue weighted by Gasteiger charge is -2.23. The van der Waals surface area contributed by atoms with Gasteiger partial charge in [-0.3, -0.25) is 9.78 Å². The molecule has 0 bridgehead atoms. The second-order valence-corrected chi connectivity index (χ2v) is 4.77. The number of nitrogens with one attached hydrogen (secondary N) is 1. The highest BCUT2D eigenvalue weighted by atomic mass is 16.1. The number of hydrogen-bond acceptors (Lipinski definition) is 3. The molecule has 0 saturated heterocycles. The Balaban J connectivity index is 2.67. The lowest BCUT2D eigenvalue weighted by molar-refractivity contribution is -0.123. The summed E-state index contributed by atoms with van der Waals surface area (Å²) in [5, 5.41) is 3.19. The molecule has 0 fully saturated rings. The zero-order valence-electron chi connectivity index (χ0n) is 11.2. The van der Waals surface area contributed by atoms with Crippen molar-refractivity contribution in [3.8, 4) is 0 Å². The molecule has 0 aliphatic rings. The number of aromatic nitrogens is 1. The van der Waals surface area contributed by atoms with Gasteiger partial charge in [0.2, 0.25) is 0 Å². The zero-order valence-corrected chi connectivity index (χ0v) is 11.2. The molecular formula is C14H22N2O. The Morgan fingerprint density at radius 2 is 2.06 bits per heavy atom. The van der Waals surface area contributed by atoms with E-state index in [4.69, 9.17) is 0 Å². The number of likely N-dealkylation sites (N-methyl/N-ethyl adjacent to an activating group) is 1. The number of aryl methyl sites for hydroxylation is 1. The SMILES string of the molecule is CCNC(C)(C)C(=O)Cc1ccc(CC)cn1. The van der Waals surface area contributed by atoms with Crippen LogP contribution in [0.5, 0.6) is 0 Å². The van der Waals surface area contributed by atoms with Crippen LogP contribution in [0.3, 0.4) is 0 Å². The minimum atomic E-state index is -0.472. The molecule has 0 amide bonds. The number of rotatable bonds is 6. The summed E-state index contributed by atoms with van der Waals surface area (Å²) in [5.41, 5.74) is 1.57. The smallest absolute Gasteiger partial charge is 0.158 e. The van der Waals surface area contributed by atoms with Gasteiger partial charge in [0.25, 0.3) is 0 Å². The highest BCUT2D eigenvalue weighted by Gasteiger charge is 2.25. The first kappa shape index (κ1) is 13.8. The minimum absolute atomic E-state index is 0.177. The third-order valence-corrected chi connectivity index (χ3v) is 2.95. The van der Waals surface area contributed by atoms with Crippen molar-refractivity contribution in [2.75, 3.05) is 6.54 Å². The molecule has 1 aromatic heterocycles. The van der Waals surface area contributed by atoms with Gasteiger partial charge in [0, 0.05) is 11.9 Å². The Morgan fingerprint density at radius 3 is 2.53 bits per heavy atom. The van der Waals surface area contributed by atoms with Gasteiger partial charge in [-0.05, 0) is 38.4 Å². The van der Waals surface area contributed by atoms with Crippen molar-refractivity contribution in [1.82, 2.24) is 10.3 Å². The van der Waals surface area contributed by atoms with Gasteiger partial charge in [-0.1, -0.05) is 19.9 Å². The number of ketones is 1. The summed E-state index contributed by atoms with van der Waals surface area (Å²) in [7, 11) is 0. The predicted molar refractivity (Wildman–Crippen MR) is 70.1 cm³/mol. The van der Waals surface area contributed by atoms with Crippen LogP contribution >= 0.6 is 0 Å². The van der Waals surface area contributed by atoms with Crippen LogP contribution in [-0.2, 0) is 17.6 Å². The number of hydrogen-bond donors (Lipinski definition) is 1. The molecule has 0 aliphatic carbocycles. The molecule has 0 saturated carbocycles. The lowest BCUT2D eigenvalue weighted by atomic mass is 9.95. The van der Waals surface area contributed by atoms with Crippen LogP contribution in [0.25, 0.3) is 0 Å². The summed E-state index contributed by atoms with van der Waals surface area (Å²) in [4.78, 5) is 16.4. The van der Waals surface area contributed by atoms with Crippen LogP contribution in [0.1, 0.15) is 39.0 Å². The summed E-state index contributed by atoms with van der Waals surface area (Å²) < 4.78 is 0. The molecule has 3 nitrogen and oxygen atoms in total. The number of carbonyl (C=O) groups excluding carboxylic acids is 1. The van der Waals surface area contributed by atoms with E-state index in [1.807, 2.05) is 39.1 Å². The molecule has 94 valence electrons. The van der Waals surface area contributed by atoms with E-state index in [-0.39, 0.29) is 5.78 Å². The summed E-state index contributed by atoms with van der Waals surface area (Å²) in [6.45, 7) is 8.72. The van der Waals surface area contributed by atoms with Crippen molar-refractivity contribution in [2.45, 2.75) is 46.1 Å². The largest absolute Gasteiger partial charge is 0.306 e. The first-order valence-electron chi connectivity index (χ1n) is 6.21. The Bertz CT molecular complexity index is 368. The first-order chi connectivity index (χ1) is 7.99. The topological polar surface area (TPSA) is 42.0 Å². The highest BCUT2D eigenvalue weighted by molar-refractivity contribution is 5.89. The van der Waals surface area contributed by atoms with Gasteiger partial charge in [0.15, 0.2) is 5.78 Å². The van der Waals surface area contributed by atoms with Crippen LogP contribution < -0.4 is 5.32 Å². The Hall–Kier alpha value is -1.22. The molecule has 0 unspecified atom stereocenters. The van der Waals surface area contributed by atoms with Crippen LogP contribution in [0.15, 0.2) is 18.3 Å². The molecule has 3 heteroatoms. The van der Waals surface area contributed by atoms with E-state index in [1.54, 1.807) is 0 Å². The van der Waals surface area contributed by atoms with Crippen molar-refractivity contribution in [3.63, 3.8) is 0 Å². The molecule has 1 N–H and O–H groups in total. The molecular weight excluding hydrogens is 212 g/mol. The Labute approximate surface area is 104 Å². The quantitative estimate of drug-likeness (QED) is 0.820. The number of carbonyl (C=O) groups is 1. The van der Waals surface area contributed by atoms with Crippen molar-refractivity contribution >= 4 is 5.78 Å². The van der Waals surface area contributed by atoms with Gasteiger partial charge >= 0.3 is 0 Å². The fraction of sp³-hybridized carbons (Fsp3) is 0.571. The molecule has 0 spiro atoms. The Kier molecular flexibility index (Phi) is 4.82. The maximum atomic E-state index is 12.1. The van der Waals surface area contributed by atoms with E-state index in [2.05, 4.69) is 17.2 Å². The average Bonchev–Trinajstić information content (AvgIpc) is 2.30. The third-order valence-electron chi connectivity index (χ3n) is 2.95. The average molecular weight is 234 g/mol. The Morgan fingerprint density at radius 1 is 1.35 bits per heavy atom. The normalized spacial score (nSPS) is 11.5. The van der Waals surface area contributed by atoms with Gasteiger partial charge in [-0.15, -0.1) is 0 Å². The molecule has 0 radical (unpaired) electrons. The van der Waals surface area contributed by atoms with Crippen molar-refractivity contribution < 1.29 is 4.79 Å². The molecule has 1 rings (SSSR count). The molecule has 17 heavy (non-hydrogen) atoms. The van der Waals surface area contributed by atoms with E-state index >= 15 is 0 Å². The van der Waals surface area contributed by atoms with E-state index in [0.717, 1.165) is 18.7 Å². The standard InChI is InChI=1S/C14H22N2O/c1-5-11-7-8-12(15-10-11)9-13(17)14(3,4)16-6-2/h7-8,10,16H,5-6,9H2,1-4H3. The van der Waals surface area contributed by atoms with Gasteiger partial charge < -0.3 is 5.32 Å². The summed E-state index contributed by atoms with van der Waals surface area (Å²) >= 11 is 0. The van der Waals surface area contributed by atoms with Crippen LogP contribution in [0.2, 0.25) is 0 Å². The molecule has 1 heterocycles. The molecule has 1 aromatic rings. The van der Waals surface area contributed by atoms with E-state index in [1.165, 1.54) is 5.56 Å². The number of nitrogens with zero attached hydrogens (tertiary/aromatic N) is 1. The fourth-order valence-corrected chi connectivity index (χ4v) is 1.69. The van der Waals surface area contributed by atoms with E-state index < -0.39 is 5.54 Å². The zero-order chi connectivity index (χ0) is 12.9. The van der Waals surface area contributed by atoms with Gasteiger partial charge in [-0.2, -0.15) is 0 Å². The maximum Gasteiger partial charge on any atom is 0.158 e. The summed E-state index contributed by atoms with van der Waals surface area (Å²) in [6.07, 6.45) is 3.22.